The van der Waals surface area contributed by atoms with Gasteiger partial charge in [-0.25, -0.2) is 19.5 Å². The minimum absolute atomic E-state index is 0.124. The lowest BCUT2D eigenvalue weighted by Crippen LogP contribution is -2.24. The van der Waals surface area contributed by atoms with Crippen LogP contribution in [0.15, 0.2) is 35.5 Å². The maximum atomic E-state index is 14.5. The molecule has 41 heavy (non-hydrogen) atoms. The Morgan fingerprint density at radius 2 is 1.90 bits per heavy atom. The first-order chi connectivity index (χ1) is 19.4. The van der Waals surface area contributed by atoms with Gasteiger partial charge in [0.1, 0.15) is 11.4 Å². The van der Waals surface area contributed by atoms with Crippen molar-refractivity contribution in [2.75, 3.05) is 32.2 Å². The van der Waals surface area contributed by atoms with Crippen LogP contribution in [0.2, 0.25) is 0 Å². The van der Waals surface area contributed by atoms with Gasteiger partial charge >= 0.3 is 6.18 Å². The van der Waals surface area contributed by atoms with Gasteiger partial charge in [0.15, 0.2) is 23.7 Å². The number of hydrogen-bond acceptors (Lipinski definition) is 9. The fourth-order valence-corrected chi connectivity index (χ4v) is 3.88. The van der Waals surface area contributed by atoms with Crippen molar-refractivity contribution in [3.05, 3.63) is 63.6 Å². The predicted molar refractivity (Wildman–Crippen MR) is 146 cm³/mol. The van der Waals surface area contributed by atoms with Crippen LogP contribution in [-0.4, -0.2) is 52.1 Å². The van der Waals surface area contributed by atoms with Gasteiger partial charge in [-0.1, -0.05) is 25.7 Å². The normalized spacial score (nSPS) is 13.0. The Morgan fingerprint density at radius 3 is 2.46 bits per heavy atom. The van der Waals surface area contributed by atoms with Gasteiger partial charge in [0.25, 0.3) is 5.56 Å². The van der Waals surface area contributed by atoms with Crippen molar-refractivity contribution >= 4 is 23.9 Å². The summed E-state index contributed by atoms with van der Waals surface area (Å²) >= 11 is 0. The van der Waals surface area contributed by atoms with Crippen LogP contribution in [0.25, 0.3) is 17.5 Å². The number of nitrogens with two attached hydrogens (primary N) is 2. The van der Waals surface area contributed by atoms with Gasteiger partial charge in [0, 0.05) is 19.2 Å². The van der Waals surface area contributed by atoms with E-state index in [2.05, 4.69) is 20.0 Å². The van der Waals surface area contributed by atoms with Crippen molar-refractivity contribution in [3.63, 3.8) is 0 Å². The second-order valence-electron chi connectivity index (χ2n) is 9.49. The number of nitrogens with zero attached hydrogens (tertiary/aromatic N) is 4. The van der Waals surface area contributed by atoms with Crippen molar-refractivity contribution in [1.82, 2.24) is 25.1 Å². The number of hydrogen-bond donors (Lipinski definition) is 3. The summed E-state index contributed by atoms with van der Waals surface area (Å²) in [5, 5.41) is 4.74. The monoisotopic (exact) mass is 577 g/mol. The Bertz CT molecular complexity index is 1440. The summed E-state index contributed by atoms with van der Waals surface area (Å²) in [5.74, 6) is 0.961. The highest BCUT2D eigenvalue weighted by atomic mass is 19.4. The highest BCUT2D eigenvalue weighted by Gasteiger charge is 2.36. The molecule has 0 bridgehead atoms. The summed E-state index contributed by atoms with van der Waals surface area (Å²) in [6.07, 6.45) is 8.22. The number of unbranched alkanes of at least 4 members (excludes halogenated alkanes) is 1. The number of aromatic amines is 1. The quantitative estimate of drug-likeness (QED) is 0.179. The predicted octanol–water partition coefficient (Wildman–Crippen LogP) is 4.54. The number of benzene rings is 1. The highest BCUT2D eigenvalue weighted by molar-refractivity contribution is 5.84. The van der Waals surface area contributed by atoms with Crippen LogP contribution in [0.3, 0.4) is 0 Å². The molecule has 0 saturated heterocycles. The molecule has 220 valence electrons. The zero-order valence-corrected chi connectivity index (χ0v) is 22.5. The number of anilines is 2. The lowest BCUT2D eigenvalue weighted by atomic mass is 10.0. The molecule has 3 aromatic rings. The molecule has 0 unspecified atom stereocenters. The van der Waals surface area contributed by atoms with Crippen molar-refractivity contribution in [1.29, 1.82) is 0 Å². The zero-order valence-electron chi connectivity index (χ0n) is 22.5. The number of nitrogens with one attached hydrogen (secondary N) is 1. The summed E-state index contributed by atoms with van der Waals surface area (Å²) in [6, 6.07) is 2.76. The van der Waals surface area contributed by atoms with E-state index >= 15 is 0 Å². The average Bonchev–Trinajstić information content (AvgIpc) is 3.74. The van der Waals surface area contributed by atoms with E-state index in [-0.39, 0.29) is 22.8 Å². The van der Waals surface area contributed by atoms with Gasteiger partial charge in [-0.15, -0.1) is 0 Å². The molecule has 2 heterocycles. The van der Waals surface area contributed by atoms with Crippen molar-refractivity contribution < 1.29 is 27.1 Å². The number of rotatable bonds is 10. The molecule has 14 heteroatoms. The van der Waals surface area contributed by atoms with Crippen LogP contribution < -0.4 is 21.8 Å². The Morgan fingerprint density at radius 1 is 1.17 bits per heavy atom. The fraction of sp³-hybridized carbons (Fsp3) is 0.370. The number of ether oxygens (including phenoxy) is 1. The number of aldehydes is 1. The smallest absolute Gasteiger partial charge is 0.423 e. The van der Waals surface area contributed by atoms with E-state index in [0.29, 0.717) is 17.6 Å². The van der Waals surface area contributed by atoms with Crippen LogP contribution in [0, 0.1) is 11.7 Å². The first-order valence-electron chi connectivity index (χ1n) is 12.7. The largest absolute Gasteiger partial charge is 0.491 e. The first kappa shape index (κ1) is 31.0. The van der Waals surface area contributed by atoms with Gasteiger partial charge in [-0.2, -0.15) is 18.3 Å². The molecule has 1 saturated carbocycles. The lowest BCUT2D eigenvalue weighted by Gasteiger charge is -2.14. The number of halogens is 4. The van der Waals surface area contributed by atoms with Crippen LogP contribution in [-0.2, 0) is 6.18 Å². The first-order valence-corrected chi connectivity index (χ1v) is 12.7. The number of carbonyl (C=O) groups is 1. The maximum absolute atomic E-state index is 14.5. The second kappa shape index (κ2) is 13.7. The van der Waals surface area contributed by atoms with E-state index in [1.165, 1.54) is 45.1 Å². The van der Waals surface area contributed by atoms with E-state index < -0.39 is 28.8 Å². The maximum Gasteiger partial charge on any atom is 0.423 e. The van der Waals surface area contributed by atoms with Gasteiger partial charge in [-0.3, -0.25) is 9.59 Å². The SMILES string of the molecule is COc1cnc(-c2cc(/C=C\N(C)CCCCC3CC3)c(C=O)cc2F)nc1N.Nc1cn[nH]c(=O)c1C(F)(F)F. The minimum atomic E-state index is -4.74. The Hall–Kier alpha value is -4.49. The summed E-state index contributed by atoms with van der Waals surface area (Å²) < 4.78 is 55.5. The number of alkyl halides is 3. The van der Waals surface area contributed by atoms with Crippen LogP contribution in [0.4, 0.5) is 29.1 Å². The summed E-state index contributed by atoms with van der Waals surface area (Å²) in [6.45, 7) is 0.936. The molecular weight excluding hydrogens is 546 g/mol. The molecule has 1 aliphatic carbocycles. The number of methoxy groups -OCH3 is 1. The average molecular weight is 578 g/mol. The topological polar surface area (TPSA) is 153 Å². The molecule has 10 nitrogen and oxygen atoms in total. The van der Waals surface area contributed by atoms with Crippen LogP contribution in [0.1, 0.15) is 53.6 Å². The van der Waals surface area contributed by atoms with Crippen LogP contribution >= 0.6 is 0 Å². The van der Waals surface area contributed by atoms with Crippen molar-refractivity contribution in [3.8, 4) is 17.1 Å². The lowest BCUT2D eigenvalue weighted by molar-refractivity contribution is -0.138. The van der Waals surface area contributed by atoms with Crippen molar-refractivity contribution in [2.24, 2.45) is 5.92 Å². The third-order valence-corrected chi connectivity index (χ3v) is 6.29. The van der Waals surface area contributed by atoms with Crippen LogP contribution in [0.5, 0.6) is 5.75 Å². The molecule has 1 fully saturated rings. The third kappa shape index (κ3) is 8.75. The zero-order chi connectivity index (χ0) is 30.2. The molecule has 4 rings (SSSR count). The van der Waals surface area contributed by atoms with E-state index in [1.54, 1.807) is 17.2 Å². The summed E-state index contributed by atoms with van der Waals surface area (Å²) in [4.78, 5) is 32.3. The summed E-state index contributed by atoms with van der Waals surface area (Å²) in [7, 11) is 3.45. The highest BCUT2D eigenvalue weighted by Crippen LogP contribution is 2.34. The Labute approximate surface area is 233 Å². The fourth-order valence-electron chi connectivity index (χ4n) is 3.88. The van der Waals surface area contributed by atoms with Crippen molar-refractivity contribution in [2.45, 2.75) is 38.3 Å². The second-order valence-corrected chi connectivity index (χ2v) is 9.49. The molecule has 2 aromatic heterocycles. The molecular formula is C27H31F4N7O3. The molecule has 0 radical (unpaired) electrons. The molecule has 1 aromatic carbocycles. The molecule has 0 aliphatic heterocycles. The van der Waals surface area contributed by atoms with E-state index in [1.807, 2.05) is 13.2 Å². The van der Waals surface area contributed by atoms with E-state index in [0.717, 1.165) is 25.1 Å². The van der Waals surface area contributed by atoms with Gasteiger partial charge < -0.3 is 21.1 Å². The minimum Gasteiger partial charge on any atom is -0.491 e. The number of nitrogen functional groups attached to an aromatic ring is 2. The van der Waals surface area contributed by atoms with E-state index in [9.17, 15) is 27.2 Å². The molecule has 0 amide bonds. The molecule has 5 N–H and O–H groups in total. The summed E-state index contributed by atoms with van der Waals surface area (Å²) in [5.41, 5.74) is 8.35. The Kier molecular flexibility index (Phi) is 10.4. The van der Waals surface area contributed by atoms with Gasteiger partial charge in [0.2, 0.25) is 0 Å². The van der Waals surface area contributed by atoms with Gasteiger partial charge in [0.05, 0.1) is 30.8 Å². The standard InChI is InChI=1S/C22H27FN4O2.C5H4F3N3O/c1-27(9-4-3-5-15-6-7-15)10-8-16-11-18(19(23)12-17(16)14-28)22-25-13-20(29-2)21(24)26-22;6-5(7,8)3-2(9)1-10-11-4(3)12/h8,10-15H,3-7,9H2,1-2H3,(H2,24,25,26);1H,(H3,9,11,12)/b10-8-;. The van der Waals surface area contributed by atoms with Gasteiger partial charge in [-0.05, 0) is 42.3 Å². The molecule has 0 spiro atoms. The number of aromatic nitrogens is 4. The number of H-pyrrole nitrogens is 1. The number of carbonyl (C=O) groups excluding carboxylic acids is 1. The molecule has 1 aliphatic rings. The third-order valence-electron chi connectivity index (χ3n) is 6.29. The molecule has 0 atom stereocenters. The Balaban J connectivity index is 0.000000322. The van der Waals surface area contributed by atoms with E-state index in [4.69, 9.17) is 16.2 Å².